The molecule has 0 aliphatic heterocycles. The Bertz CT molecular complexity index is 765. The van der Waals surface area contributed by atoms with Gasteiger partial charge in [0.25, 0.3) is 0 Å². The molecule has 0 unspecified atom stereocenters. The van der Waals surface area contributed by atoms with E-state index in [0.29, 0.717) is 11.6 Å². The summed E-state index contributed by atoms with van der Waals surface area (Å²) in [6.45, 7) is 4.56. The van der Waals surface area contributed by atoms with Crippen LogP contribution in [-0.2, 0) is 0 Å². The Kier molecular flexibility index (Phi) is 3.06. The Morgan fingerprint density at radius 2 is 2.15 bits per heavy atom. The molecule has 20 heavy (non-hydrogen) atoms. The Hall–Kier alpha value is -2.50. The van der Waals surface area contributed by atoms with E-state index in [0.717, 1.165) is 28.8 Å². The number of fused-ring (bicyclic) bond motifs is 1. The highest BCUT2D eigenvalue weighted by Crippen LogP contribution is 2.29. The lowest BCUT2D eigenvalue weighted by Crippen LogP contribution is -2.03. The molecule has 0 aliphatic rings. The molecule has 102 valence electrons. The van der Waals surface area contributed by atoms with Crippen LogP contribution < -0.4 is 5.32 Å². The van der Waals surface area contributed by atoms with Crippen LogP contribution in [0.15, 0.2) is 24.4 Å². The average molecular weight is 271 g/mol. The summed E-state index contributed by atoms with van der Waals surface area (Å²) in [4.78, 5) is 8.86. The minimum Gasteiger partial charge on any atom is -0.354 e. The molecular formula is C14H14FN5. The van der Waals surface area contributed by atoms with Gasteiger partial charge in [-0.1, -0.05) is 0 Å². The van der Waals surface area contributed by atoms with E-state index in [2.05, 4.69) is 25.5 Å². The number of rotatable bonds is 3. The summed E-state index contributed by atoms with van der Waals surface area (Å²) in [5, 5.41) is 10.8. The highest BCUT2D eigenvalue weighted by atomic mass is 19.1. The van der Waals surface area contributed by atoms with Crippen molar-refractivity contribution in [1.29, 1.82) is 0 Å². The van der Waals surface area contributed by atoms with Crippen molar-refractivity contribution < 1.29 is 4.39 Å². The molecular weight excluding hydrogens is 257 g/mol. The smallest absolute Gasteiger partial charge is 0.225 e. The Labute approximate surface area is 115 Å². The highest BCUT2D eigenvalue weighted by molar-refractivity contribution is 5.91. The second kappa shape index (κ2) is 4.88. The Morgan fingerprint density at radius 3 is 2.90 bits per heavy atom. The maximum absolute atomic E-state index is 13.3. The van der Waals surface area contributed by atoms with E-state index in [1.54, 1.807) is 12.3 Å². The Balaban J connectivity index is 2.25. The van der Waals surface area contributed by atoms with E-state index >= 15 is 0 Å². The van der Waals surface area contributed by atoms with E-state index in [1.165, 1.54) is 12.1 Å². The highest BCUT2D eigenvalue weighted by Gasteiger charge is 2.13. The quantitative estimate of drug-likeness (QED) is 0.768. The van der Waals surface area contributed by atoms with Crippen molar-refractivity contribution in [3.63, 3.8) is 0 Å². The first kappa shape index (κ1) is 12.5. The third-order valence-electron chi connectivity index (χ3n) is 3.09. The Morgan fingerprint density at radius 1 is 1.30 bits per heavy atom. The first-order valence-electron chi connectivity index (χ1n) is 6.40. The SMILES string of the molecule is CCNc1nc(-c2ccc(F)cc2C)c2cn[nH]c2n1. The monoisotopic (exact) mass is 271 g/mol. The lowest BCUT2D eigenvalue weighted by atomic mass is 10.0. The number of nitrogens with one attached hydrogen (secondary N) is 2. The molecule has 5 nitrogen and oxygen atoms in total. The zero-order valence-electron chi connectivity index (χ0n) is 11.2. The third kappa shape index (κ3) is 2.09. The molecule has 0 fully saturated rings. The van der Waals surface area contributed by atoms with E-state index in [9.17, 15) is 4.39 Å². The largest absolute Gasteiger partial charge is 0.354 e. The molecule has 6 heteroatoms. The molecule has 0 amide bonds. The van der Waals surface area contributed by atoms with E-state index < -0.39 is 0 Å². The fourth-order valence-electron chi connectivity index (χ4n) is 2.17. The van der Waals surface area contributed by atoms with Crippen LogP contribution in [0.2, 0.25) is 0 Å². The molecule has 0 saturated heterocycles. The van der Waals surface area contributed by atoms with Crippen LogP contribution in [0.4, 0.5) is 10.3 Å². The van der Waals surface area contributed by atoms with Gasteiger partial charge in [0.2, 0.25) is 5.95 Å². The van der Waals surface area contributed by atoms with Crippen molar-refractivity contribution in [1.82, 2.24) is 20.2 Å². The predicted octanol–water partition coefficient (Wildman–Crippen LogP) is 2.90. The molecule has 0 atom stereocenters. The van der Waals surface area contributed by atoms with Gasteiger partial charge in [-0.25, -0.2) is 9.37 Å². The zero-order valence-corrected chi connectivity index (χ0v) is 11.2. The van der Waals surface area contributed by atoms with Crippen molar-refractivity contribution in [2.75, 3.05) is 11.9 Å². The maximum Gasteiger partial charge on any atom is 0.225 e. The van der Waals surface area contributed by atoms with Gasteiger partial charge in [0.15, 0.2) is 5.65 Å². The van der Waals surface area contributed by atoms with Gasteiger partial charge in [-0.05, 0) is 37.6 Å². The van der Waals surface area contributed by atoms with Crippen LogP contribution in [0.3, 0.4) is 0 Å². The molecule has 0 bridgehead atoms. The zero-order chi connectivity index (χ0) is 14.1. The number of anilines is 1. The number of benzene rings is 1. The lowest BCUT2D eigenvalue weighted by Gasteiger charge is -2.09. The number of H-pyrrole nitrogens is 1. The molecule has 0 spiro atoms. The number of hydrogen-bond donors (Lipinski definition) is 2. The number of halogens is 1. The van der Waals surface area contributed by atoms with Crippen molar-refractivity contribution in [3.05, 3.63) is 35.8 Å². The summed E-state index contributed by atoms with van der Waals surface area (Å²) in [6.07, 6.45) is 1.68. The van der Waals surface area contributed by atoms with Crippen LogP contribution in [0.1, 0.15) is 12.5 Å². The molecule has 1 aromatic carbocycles. The molecule has 0 aliphatic carbocycles. The lowest BCUT2D eigenvalue weighted by molar-refractivity contribution is 0.627. The van der Waals surface area contributed by atoms with Crippen LogP contribution in [0.5, 0.6) is 0 Å². The van der Waals surface area contributed by atoms with Crippen molar-refractivity contribution in [2.45, 2.75) is 13.8 Å². The number of hydrogen-bond acceptors (Lipinski definition) is 4. The van der Waals surface area contributed by atoms with Gasteiger partial charge in [0, 0.05) is 12.1 Å². The van der Waals surface area contributed by atoms with Gasteiger partial charge in [-0.15, -0.1) is 0 Å². The summed E-state index contributed by atoms with van der Waals surface area (Å²) < 4.78 is 13.3. The molecule has 3 aromatic rings. The molecule has 0 saturated carbocycles. The number of aromatic amines is 1. The minimum absolute atomic E-state index is 0.254. The number of aryl methyl sites for hydroxylation is 1. The van der Waals surface area contributed by atoms with E-state index in [-0.39, 0.29) is 5.82 Å². The van der Waals surface area contributed by atoms with E-state index in [1.807, 2.05) is 13.8 Å². The fraction of sp³-hybridized carbons (Fsp3) is 0.214. The van der Waals surface area contributed by atoms with E-state index in [4.69, 9.17) is 0 Å². The number of nitrogens with zero attached hydrogens (tertiary/aromatic N) is 3. The summed E-state index contributed by atoms with van der Waals surface area (Å²) in [5.74, 6) is 0.277. The van der Waals surface area contributed by atoms with Gasteiger partial charge in [-0.3, -0.25) is 5.10 Å². The van der Waals surface area contributed by atoms with Gasteiger partial charge >= 0.3 is 0 Å². The predicted molar refractivity (Wildman–Crippen MR) is 76.0 cm³/mol. The van der Waals surface area contributed by atoms with Crippen molar-refractivity contribution in [3.8, 4) is 11.3 Å². The summed E-state index contributed by atoms with van der Waals surface area (Å²) in [6, 6.07) is 4.66. The van der Waals surface area contributed by atoms with Gasteiger partial charge in [-0.2, -0.15) is 10.1 Å². The molecule has 2 aromatic heterocycles. The normalized spacial score (nSPS) is 10.9. The second-order valence-electron chi connectivity index (χ2n) is 4.52. The minimum atomic E-state index is -0.254. The molecule has 2 heterocycles. The third-order valence-corrected chi connectivity index (χ3v) is 3.09. The molecule has 3 rings (SSSR count). The number of aromatic nitrogens is 4. The standard InChI is InChI=1S/C14H14FN5/c1-3-16-14-18-12(11-7-17-20-13(11)19-14)10-5-4-9(15)6-8(10)2/h4-7H,3H2,1-2H3,(H2,16,17,18,19,20). The first-order valence-corrected chi connectivity index (χ1v) is 6.40. The topological polar surface area (TPSA) is 66.5 Å². The molecule has 0 radical (unpaired) electrons. The van der Waals surface area contributed by atoms with Crippen molar-refractivity contribution in [2.24, 2.45) is 0 Å². The van der Waals surface area contributed by atoms with Crippen molar-refractivity contribution >= 4 is 17.0 Å². The van der Waals surface area contributed by atoms with Gasteiger partial charge < -0.3 is 5.32 Å². The summed E-state index contributed by atoms with van der Waals surface area (Å²) in [7, 11) is 0. The van der Waals surface area contributed by atoms with Crippen LogP contribution in [0, 0.1) is 12.7 Å². The first-order chi connectivity index (χ1) is 9.69. The average Bonchev–Trinajstić information content (AvgIpc) is 2.86. The van der Waals surface area contributed by atoms with Gasteiger partial charge in [0.1, 0.15) is 5.82 Å². The fourth-order valence-corrected chi connectivity index (χ4v) is 2.17. The van der Waals surface area contributed by atoms with Crippen LogP contribution in [0.25, 0.3) is 22.3 Å². The van der Waals surface area contributed by atoms with Crippen LogP contribution in [-0.4, -0.2) is 26.7 Å². The molecule has 2 N–H and O–H groups in total. The summed E-state index contributed by atoms with van der Waals surface area (Å²) in [5.41, 5.74) is 3.11. The second-order valence-corrected chi connectivity index (χ2v) is 4.52. The van der Waals surface area contributed by atoms with Crippen LogP contribution >= 0.6 is 0 Å². The van der Waals surface area contributed by atoms with Gasteiger partial charge in [0.05, 0.1) is 17.3 Å². The maximum atomic E-state index is 13.3. The summed E-state index contributed by atoms with van der Waals surface area (Å²) >= 11 is 0.